The number of carbonyl (C=O) groups is 1. The molecule has 0 saturated carbocycles. The van der Waals surface area contributed by atoms with Gasteiger partial charge >= 0.3 is 0 Å². The summed E-state index contributed by atoms with van der Waals surface area (Å²) in [4.78, 5) is 23.3. The minimum Gasteiger partial charge on any atom is -0.368 e. The largest absolute Gasteiger partial charge is 0.368 e. The monoisotopic (exact) mass is 431 g/mol. The van der Waals surface area contributed by atoms with Gasteiger partial charge in [-0.25, -0.2) is 5.10 Å². The SMILES string of the molecule is CC(=O)N1CC(Cc2ccc(Cl)cc2)N(C2CCN(c3n[nH]c(N)n3)CC2)C[C@@H]1C. The van der Waals surface area contributed by atoms with E-state index in [9.17, 15) is 4.79 Å². The van der Waals surface area contributed by atoms with Crippen molar-refractivity contribution in [1.29, 1.82) is 0 Å². The highest BCUT2D eigenvalue weighted by molar-refractivity contribution is 6.30. The van der Waals surface area contributed by atoms with Gasteiger partial charge in [-0.2, -0.15) is 4.98 Å². The predicted molar refractivity (Wildman–Crippen MR) is 119 cm³/mol. The van der Waals surface area contributed by atoms with Crippen LogP contribution >= 0.6 is 11.6 Å². The molecule has 3 heterocycles. The molecule has 4 rings (SSSR count). The van der Waals surface area contributed by atoms with Gasteiger partial charge in [0, 0.05) is 56.3 Å². The summed E-state index contributed by atoms with van der Waals surface area (Å²) < 4.78 is 0. The first-order chi connectivity index (χ1) is 14.4. The Morgan fingerprint density at radius 2 is 1.93 bits per heavy atom. The minimum absolute atomic E-state index is 0.153. The van der Waals surface area contributed by atoms with E-state index in [4.69, 9.17) is 17.3 Å². The smallest absolute Gasteiger partial charge is 0.246 e. The molecule has 2 saturated heterocycles. The van der Waals surface area contributed by atoms with Gasteiger partial charge in [-0.1, -0.05) is 23.7 Å². The van der Waals surface area contributed by atoms with E-state index in [2.05, 4.69) is 44.0 Å². The molecule has 1 unspecified atom stereocenters. The Morgan fingerprint density at radius 1 is 1.23 bits per heavy atom. The van der Waals surface area contributed by atoms with Crippen LogP contribution < -0.4 is 10.6 Å². The van der Waals surface area contributed by atoms with Crippen LogP contribution in [-0.4, -0.2) is 75.2 Å². The average Bonchev–Trinajstić information content (AvgIpc) is 3.17. The average molecular weight is 432 g/mol. The quantitative estimate of drug-likeness (QED) is 0.770. The van der Waals surface area contributed by atoms with Gasteiger partial charge in [-0.15, -0.1) is 5.10 Å². The molecule has 2 fully saturated rings. The second-order valence-corrected chi connectivity index (χ2v) is 8.88. The number of aromatic amines is 1. The molecular weight excluding hydrogens is 402 g/mol. The second kappa shape index (κ2) is 8.81. The van der Waals surface area contributed by atoms with Crippen LogP contribution in [-0.2, 0) is 11.2 Å². The summed E-state index contributed by atoms with van der Waals surface area (Å²) in [5.74, 6) is 1.18. The first-order valence-corrected chi connectivity index (χ1v) is 11.0. The van der Waals surface area contributed by atoms with Gasteiger partial charge in [0.15, 0.2) is 0 Å². The Hall–Kier alpha value is -2.32. The minimum atomic E-state index is 0.153. The van der Waals surface area contributed by atoms with Crippen molar-refractivity contribution in [2.75, 3.05) is 36.8 Å². The lowest BCUT2D eigenvalue weighted by molar-refractivity contribution is -0.136. The first-order valence-electron chi connectivity index (χ1n) is 10.6. The maximum atomic E-state index is 12.2. The summed E-state index contributed by atoms with van der Waals surface area (Å²) in [5, 5.41) is 7.66. The first kappa shape index (κ1) is 20.9. The van der Waals surface area contributed by atoms with Crippen LogP contribution in [0.4, 0.5) is 11.9 Å². The second-order valence-electron chi connectivity index (χ2n) is 8.44. The third kappa shape index (κ3) is 4.54. The number of amides is 1. The van der Waals surface area contributed by atoms with E-state index in [1.165, 1.54) is 5.56 Å². The number of carbonyl (C=O) groups excluding carboxylic acids is 1. The van der Waals surface area contributed by atoms with Crippen molar-refractivity contribution >= 4 is 29.4 Å². The lowest BCUT2D eigenvalue weighted by Gasteiger charge is -2.50. The Kier molecular flexibility index (Phi) is 6.15. The van der Waals surface area contributed by atoms with Crippen LogP contribution in [0.2, 0.25) is 5.02 Å². The normalized spacial score (nSPS) is 23.7. The number of nitrogens with two attached hydrogens (primary N) is 1. The summed E-state index contributed by atoms with van der Waals surface area (Å²) >= 11 is 6.07. The van der Waals surface area contributed by atoms with E-state index in [-0.39, 0.29) is 11.9 Å². The lowest BCUT2D eigenvalue weighted by Crippen LogP contribution is -2.62. The zero-order valence-corrected chi connectivity index (χ0v) is 18.3. The number of aromatic nitrogens is 3. The van der Waals surface area contributed by atoms with Crippen LogP contribution in [0, 0.1) is 0 Å². The Balaban J connectivity index is 1.47. The van der Waals surface area contributed by atoms with Crippen LogP contribution in [0.1, 0.15) is 32.3 Å². The fourth-order valence-corrected chi connectivity index (χ4v) is 4.96. The number of halogens is 1. The van der Waals surface area contributed by atoms with Crippen molar-refractivity contribution in [3.05, 3.63) is 34.9 Å². The van der Waals surface area contributed by atoms with Crippen LogP contribution in [0.25, 0.3) is 0 Å². The molecule has 0 aliphatic carbocycles. The van der Waals surface area contributed by atoms with Gasteiger partial charge in [0.2, 0.25) is 17.8 Å². The summed E-state index contributed by atoms with van der Waals surface area (Å²) in [6.07, 6.45) is 2.99. The molecule has 2 atom stereocenters. The van der Waals surface area contributed by atoms with Crippen LogP contribution in [0.5, 0.6) is 0 Å². The lowest BCUT2D eigenvalue weighted by atomic mass is 9.94. The third-order valence-corrected chi connectivity index (χ3v) is 6.63. The molecule has 1 aromatic carbocycles. The fourth-order valence-electron chi connectivity index (χ4n) is 4.83. The molecule has 3 N–H and O–H groups in total. The molecule has 0 spiro atoms. The third-order valence-electron chi connectivity index (χ3n) is 6.38. The molecule has 0 bridgehead atoms. The number of nitrogen functional groups attached to an aromatic ring is 1. The van der Waals surface area contributed by atoms with Crippen LogP contribution in [0.15, 0.2) is 24.3 Å². The highest BCUT2D eigenvalue weighted by atomic mass is 35.5. The van der Waals surface area contributed by atoms with Gasteiger partial charge in [-0.05, 0) is 43.9 Å². The number of nitrogens with zero attached hydrogens (tertiary/aromatic N) is 5. The molecule has 0 radical (unpaired) electrons. The van der Waals surface area contributed by atoms with E-state index in [0.717, 1.165) is 50.5 Å². The van der Waals surface area contributed by atoms with Crippen molar-refractivity contribution in [3.63, 3.8) is 0 Å². The summed E-state index contributed by atoms with van der Waals surface area (Å²) in [7, 11) is 0. The van der Waals surface area contributed by atoms with Gasteiger partial charge < -0.3 is 15.5 Å². The van der Waals surface area contributed by atoms with Crippen molar-refractivity contribution in [1.82, 2.24) is 25.0 Å². The maximum absolute atomic E-state index is 12.2. The Bertz CT molecular complexity index is 862. The summed E-state index contributed by atoms with van der Waals surface area (Å²) in [6.45, 7) is 7.28. The van der Waals surface area contributed by atoms with E-state index in [1.807, 2.05) is 17.0 Å². The molecule has 162 valence electrons. The molecule has 2 aliphatic rings. The number of piperazine rings is 1. The number of hydrogen-bond acceptors (Lipinski definition) is 6. The topological polar surface area (TPSA) is 94.4 Å². The number of H-pyrrole nitrogens is 1. The van der Waals surface area contributed by atoms with Crippen molar-refractivity contribution in [2.45, 2.75) is 51.2 Å². The molecule has 8 nitrogen and oxygen atoms in total. The molecule has 9 heteroatoms. The zero-order valence-electron chi connectivity index (χ0n) is 17.6. The predicted octanol–water partition coefficient (Wildman–Crippen LogP) is 2.17. The molecule has 1 aromatic heterocycles. The molecule has 1 amide bonds. The summed E-state index contributed by atoms with van der Waals surface area (Å²) in [5.41, 5.74) is 6.93. The number of nitrogens with one attached hydrogen (secondary N) is 1. The fraction of sp³-hybridized carbons (Fsp3) is 0.571. The zero-order chi connectivity index (χ0) is 21.3. The molecule has 2 aromatic rings. The van der Waals surface area contributed by atoms with Crippen molar-refractivity contribution in [2.24, 2.45) is 0 Å². The summed E-state index contributed by atoms with van der Waals surface area (Å²) in [6, 6.07) is 9.05. The van der Waals surface area contributed by atoms with Gasteiger partial charge in [-0.3, -0.25) is 9.69 Å². The van der Waals surface area contributed by atoms with Gasteiger partial charge in [0.05, 0.1) is 0 Å². The highest BCUT2D eigenvalue weighted by Gasteiger charge is 2.38. The van der Waals surface area contributed by atoms with E-state index < -0.39 is 0 Å². The molecular formula is C21H30ClN7O. The van der Waals surface area contributed by atoms with Gasteiger partial charge in [0.25, 0.3) is 0 Å². The number of benzene rings is 1. The van der Waals surface area contributed by atoms with Gasteiger partial charge in [0.1, 0.15) is 0 Å². The standard InChI is InChI=1S/C21H30ClN7O/c1-14-12-29(18-7-9-27(10-8-18)21-24-20(23)25-26-21)19(13-28(14)15(2)30)11-16-3-5-17(22)6-4-16/h3-6,14,18-19H,7-13H2,1-2H3,(H3,23,24,25,26)/t14-,19?/m0/s1. The highest BCUT2D eigenvalue weighted by Crippen LogP contribution is 2.27. The Labute approximate surface area is 182 Å². The van der Waals surface area contributed by atoms with Crippen molar-refractivity contribution in [3.8, 4) is 0 Å². The van der Waals surface area contributed by atoms with E-state index >= 15 is 0 Å². The number of anilines is 2. The maximum Gasteiger partial charge on any atom is 0.246 e. The Morgan fingerprint density at radius 3 is 2.53 bits per heavy atom. The number of rotatable bonds is 4. The van der Waals surface area contributed by atoms with Crippen molar-refractivity contribution < 1.29 is 4.79 Å². The molecule has 2 aliphatic heterocycles. The number of piperidine rings is 1. The van der Waals surface area contributed by atoms with E-state index in [0.29, 0.717) is 24.0 Å². The van der Waals surface area contributed by atoms with Crippen LogP contribution in [0.3, 0.4) is 0 Å². The van der Waals surface area contributed by atoms with E-state index in [1.54, 1.807) is 6.92 Å². The molecule has 30 heavy (non-hydrogen) atoms. The number of hydrogen-bond donors (Lipinski definition) is 2.